The lowest BCUT2D eigenvalue weighted by Gasteiger charge is -2.23. The molecule has 9 heteroatoms. The predicted molar refractivity (Wildman–Crippen MR) is 105 cm³/mol. The zero-order valence-corrected chi connectivity index (χ0v) is 16.6. The minimum atomic E-state index is -3.72. The molecule has 0 unspecified atom stereocenters. The highest BCUT2D eigenvalue weighted by atomic mass is 32.2. The van der Waals surface area contributed by atoms with Crippen LogP contribution in [0, 0.1) is 0 Å². The van der Waals surface area contributed by atoms with Crippen molar-refractivity contribution in [1.82, 2.24) is 13.4 Å². The van der Waals surface area contributed by atoms with Gasteiger partial charge in [0.25, 0.3) is 0 Å². The number of fused-ring (bicyclic) bond motifs is 1. The second kappa shape index (κ2) is 6.43. The number of aromatic nitrogens is 2. The van der Waals surface area contributed by atoms with Crippen molar-refractivity contribution in [2.75, 3.05) is 6.54 Å². The van der Waals surface area contributed by atoms with Gasteiger partial charge in [-0.2, -0.15) is 4.31 Å². The first kappa shape index (κ1) is 18.1. The predicted octanol–water partition coefficient (Wildman–Crippen LogP) is 1.82. The van der Waals surface area contributed by atoms with E-state index in [1.165, 1.54) is 35.4 Å². The number of aryl methyl sites for hydroxylation is 2. The number of hydrogen-bond acceptors (Lipinski definition) is 5. The topological polar surface area (TPSA) is 81.4 Å². The summed E-state index contributed by atoms with van der Waals surface area (Å²) < 4.78 is 30.6. The van der Waals surface area contributed by atoms with E-state index < -0.39 is 21.1 Å². The summed E-state index contributed by atoms with van der Waals surface area (Å²) >= 11 is 1.56. The summed E-state index contributed by atoms with van der Waals surface area (Å²) in [5.41, 5.74) is -0.401. The van der Waals surface area contributed by atoms with Gasteiger partial charge in [0.2, 0.25) is 10.0 Å². The molecule has 3 heterocycles. The van der Waals surface area contributed by atoms with Gasteiger partial charge in [-0.05, 0) is 42.5 Å². The van der Waals surface area contributed by atoms with Crippen molar-refractivity contribution in [2.45, 2.75) is 23.8 Å². The van der Waals surface area contributed by atoms with Crippen molar-refractivity contribution in [3.8, 4) is 0 Å². The quantitative estimate of drug-likeness (QED) is 0.623. The summed E-state index contributed by atoms with van der Waals surface area (Å²) in [6, 6.07) is 8.30. The first-order valence-electron chi connectivity index (χ1n) is 8.57. The van der Waals surface area contributed by atoms with Crippen molar-refractivity contribution >= 4 is 32.4 Å². The fourth-order valence-corrected chi connectivity index (χ4v) is 6.29. The van der Waals surface area contributed by atoms with Gasteiger partial charge in [0.1, 0.15) is 0 Å². The van der Waals surface area contributed by atoms with Crippen LogP contribution in [0.2, 0.25) is 0 Å². The Morgan fingerprint density at radius 2 is 1.74 bits per heavy atom. The second-order valence-electron chi connectivity index (χ2n) is 6.67. The number of rotatable bonds is 3. The fraction of sp³-hybridized carbons (Fsp3) is 0.333. The van der Waals surface area contributed by atoms with Crippen LogP contribution in [0.4, 0.5) is 0 Å². The molecular weight excluding hydrogens is 386 g/mol. The van der Waals surface area contributed by atoms with Gasteiger partial charge >= 0.3 is 11.1 Å². The van der Waals surface area contributed by atoms with Crippen LogP contribution in [0.3, 0.4) is 0 Å². The van der Waals surface area contributed by atoms with Crippen LogP contribution in [-0.2, 0) is 24.1 Å². The van der Waals surface area contributed by atoms with E-state index in [9.17, 15) is 18.0 Å². The summed E-state index contributed by atoms with van der Waals surface area (Å²) in [6.45, 7) is 0.467. The molecule has 0 bridgehead atoms. The van der Waals surface area contributed by atoms with Crippen LogP contribution in [0.1, 0.15) is 23.8 Å². The first-order chi connectivity index (χ1) is 12.8. The highest BCUT2D eigenvalue weighted by molar-refractivity contribution is 7.89. The zero-order chi connectivity index (χ0) is 19.3. The summed E-state index contributed by atoms with van der Waals surface area (Å²) in [4.78, 5) is 25.2. The Bertz CT molecular complexity index is 1240. The van der Waals surface area contributed by atoms with E-state index >= 15 is 0 Å². The Kier molecular flexibility index (Phi) is 4.32. The molecule has 4 rings (SSSR count). The van der Waals surface area contributed by atoms with Crippen LogP contribution in [0.25, 0.3) is 11.0 Å². The standard InChI is InChI=1S/C18H19N3O4S2/c1-19-13-8-7-12(11-15(13)20(2)18(23)17(19)22)27(24,25)21-9-3-5-14(21)16-6-4-10-26-16/h4,6-8,10-11,14H,3,5,9H2,1-2H3/t14-/m0/s1. The molecule has 1 aliphatic rings. The Labute approximate surface area is 160 Å². The normalized spacial score (nSPS) is 18.4. The molecule has 0 spiro atoms. The van der Waals surface area contributed by atoms with Gasteiger partial charge in [0.05, 0.1) is 22.0 Å². The molecule has 1 saturated heterocycles. The minimum absolute atomic E-state index is 0.132. The Morgan fingerprint density at radius 3 is 2.41 bits per heavy atom. The molecule has 1 fully saturated rings. The van der Waals surface area contributed by atoms with Crippen LogP contribution in [0.15, 0.2) is 50.2 Å². The number of nitrogens with zero attached hydrogens (tertiary/aromatic N) is 3. The first-order valence-corrected chi connectivity index (χ1v) is 10.9. The average Bonchev–Trinajstić information content (AvgIpc) is 3.35. The van der Waals surface area contributed by atoms with E-state index in [-0.39, 0.29) is 10.9 Å². The molecule has 1 atom stereocenters. The van der Waals surface area contributed by atoms with Gasteiger partial charge in [0.15, 0.2) is 0 Å². The number of benzene rings is 1. The Morgan fingerprint density at radius 1 is 1.04 bits per heavy atom. The van der Waals surface area contributed by atoms with Gasteiger partial charge in [0, 0.05) is 25.5 Å². The lowest BCUT2D eigenvalue weighted by molar-refractivity contribution is 0.401. The maximum atomic E-state index is 13.3. The fourth-order valence-electron chi connectivity index (χ4n) is 3.65. The molecular formula is C18H19N3O4S2. The maximum Gasteiger partial charge on any atom is 0.316 e. The average molecular weight is 406 g/mol. The summed E-state index contributed by atoms with van der Waals surface area (Å²) in [5, 5.41) is 1.95. The van der Waals surface area contributed by atoms with Crippen molar-refractivity contribution in [2.24, 2.45) is 14.1 Å². The Hall–Kier alpha value is -2.23. The van der Waals surface area contributed by atoms with Gasteiger partial charge in [-0.3, -0.25) is 9.59 Å². The molecule has 27 heavy (non-hydrogen) atoms. The second-order valence-corrected chi connectivity index (χ2v) is 9.54. The third-order valence-corrected chi connectivity index (χ3v) is 8.02. The largest absolute Gasteiger partial charge is 0.316 e. The van der Waals surface area contributed by atoms with Crippen LogP contribution in [-0.4, -0.2) is 28.4 Å². The molecule has 0 radical (unpaired) electrons. The van der Waals surface area contributed by atoms with Crippen LogP contribution < -0.4 is 11.1 Å². The van der Waals surface area contributed by atoms with Crippen LogP contribution >= 0.6 is 11.3 Å². The third kappa shape index (κ3) is 2.77. The van der Waals surface area contributed by atoms with E-state index in [4.69, 9.17) is 0 Å². The number of sulfonamides is 1. The number of thiophene rings is 1. The molecule has 7 nitrogen and oxygen atoms in total. The SMILES string of the molecule is Cn1c(=O)c(=O)n(C)c2cc(S(=O)(=O)N3CCC[C@H]3c3cccs3)ccc21. The summed E-state index contributed by atoms with van der Waals surface area (Å²) in [6.07, 6.45) is 1.60. The van der Waals surface area contributed by atoms with Gasteiger partial charge in [-0.1, -0.05) is 6.07 Å². The van der Waals surface area contributed by atoms with Crippen molar-refractivity contribution in [3.63, 3.8) is 0 Å². The molecule has 0 saturated carbocycles. The van der Waals surface area contributed by atoms with Gasteiger partial charge in [-0.15, -0.1) is 11.3 Å². The highest BCUT2D eigenvalue weighted by Crippen LogP contribution is 2.38. The molecule has 0 aliphatic carbocycles. The van der Waals surface area contributed by atoms with Crippen molar-refractivity contribution in [3.05, 3.63) is 61.3 Å². The lowest BCUT2D eigenvalue weighted by Crippen LogP contribution is -2.39. The van der Waals surface area contributed by atoms with Crippen molar-refractivity contribution in [1.29, 1.82) is 0 Å². The monoisotopic (exact) mass is 405 g/mol. The molecule has 1 aromatic carbocycles. The molecule has 3 aromatic rings. The smallest absolute Gasteiger partial charge is 0.305 e. The third-order valence-electron chi connectivity index (χ3n) is 5.14. The highest BCUT2D eigenvalue weighted by Gasteiger charge is 2.36. The molecule has 0 N–H and O–H groups in total. The zero-order valence-electron chi connectivity index (χ0n) is 15.0. The van der Waals surface area contributed by atoms with Gasteiger partial charge in [-0.25, -0.2) is 8.42 Å². The van der Waals surface area contributed by atoms with Crippen LogP contribution in [0.5, 0.6) is 0 Å². The van der Waals surface area contributed by atoms with E-state index in [0.717, 1.165) is 17.7 Å². The van der Waals surface area contributed by atoms with E-state index in [1.807, 2.05) is 17.5 Å². The van der Waals surface area contributed by atoms with E-state index in [1.54, 1.807) is 21.7 Å². The summed E-state index contributed by atoms with van der Waals surface area (Å²) in [7, 11) is -0.734. The van der Waals surface area contributed by atoms with E-state index in [2.05, 4.69) is 0 Å². The number of hydrogen-bond donors (Lipinski definition) is 0. The molecule has 142 valence electrons. The maximum absolute atomic E-state index is 13.3. The lowest BCUT2D eigenvalue weighted by atomic mass is 10.2. The molecule has 2 aromatic heterocycles. The van der Waals surface area contributed by atoms with Crippen molar-refractivity contribution < 1.29 is 8.42 Å². The molecule has 0 amide bonds. The summed E-state index contributed by atoms with van der Waals surface area (Å²) in [5.74, 6) is 0. The minimum Gasteiger partial charge on any atom is -0.305 e. The Balaban J connectivity index is 1.86. The van der Waals surface area contributed by atoms with Gasteiger partial charge < -0.3 is 9.13 Å². The van der Waals surface area contributed by atoms with E-state index in [0.29, 0.717) is 17.6 Å². The molecule has 1 aliphatic heterocycles.